The summed E-state index contributed by atoms with van der Waals surface area (Å²) < 4.78 is 25.9. The number of para-hydroxylation sites is 2. The summed E-state index contributed by atoms with van der Waals surface area (Å²) in [6.07, 6.45) is 4.71. The van der Waals surface area contributed by atoms with Crippen LogP contribution in [0.2, 0.25) is 0 Å². The van der Waals surface area contributed by atoms with Crippen LogP contribution in [0, 0.1) is 17.3 Å². The van der Waals surface area contributed by atoms with Gasteiger partial charge in [-0.05, 0) is 62.7 Å². The van der Waals surface area contributed by atoms with E-state index in [2.05, 4.69) is 23.6 Å². The third-order valence-corrected chi connectivity index (χ3v) is 10.6. The molecule has 6 aliphatic rings. The molecule has 45 heavy (non-hydrogen) atoms. The molecule has 0 bridgehead atoms. The molecule has 2 aromatic carbocycles. The minimum atomic E-state index is -1.49. The van der Waals surface area contributed by atoms with E-state index in [1.54, 1.807) is 0 Å². The van der Waals surface area contributed by atoms with Crippen molar-refractivity contribution in [3.63, 3.8) is 0 Å². The third kappa shape index (κ3) is 4.75. The molecule has 4 saturated heterocycles. The lowest BCUT2D eigenvalue weighted by molar-refractivity contribution is -0.353. The second-order valence-electron chi connectivity index (χ2n) is 14.3. The quantitative estimate of drug-likeness (QED) is 0.513. The zero-order valence-electron chi connectivity index (χ0n) is 26.4. The molecule has 10 nitrogen and oxygen atoms in total. The number of hydrogen-bond acceptors (Lipinski definition) is 8. The highest BCUT2D eigenvalue weighted by atomic mass is 16.7. The molecule has 0 N–H and O–H groups in total. The van der Waals surface area contributed by atoms with E-state index in [0.717, 1.165) is 61.5 Å². The molecule has 0 radical (unpaired) electrons. The smallest absolute Gasteiger partial charge is 0.293 e. The molecule has 2 amide bonds. The van der Waals surface area contributed by atoms with Crippen LogP contribution in [-0.2, 0) is 40.1 Å². The number of rotatable bonds is 4. The SMILES string of the molecule is C[C@@H]1CCCN(CN2C(=O)C3(OCC4(CO3)COC3(OC4)C(=O)N(CN4CCC[C@@H](C)C4)c4ccccc43)c3ccccc32)C1. The van der Waals surface area contributed by atoms with Crippen molar-refractivity contribution in [3.8, 4) is 0 Å². The Morgan fingerprint density at radius 3 is 1.44 bits per heavy atom. The largest absolute Gasteiger partial charge is 0.338 e. The van der Waals surface area contributed by atoms with Gasteiger partial charge >= 0.3 is 0 Å². The van der Waals surface area contributed by atoms with Gasteiger partial charge in [0.2, 0.25) is 0 Å². The zero-order chi connectivity index (χ0) is 30.8. The van der Waals surface area contributed by atoms with Crippen molar-refractivity contribution in [1.29, 1.82) is 0 Å². The molecule has 240 valence electrons. The lowest BCUT2D eigenvalue weighted by atomic mass is 9.88. The van der Waals surface area contributed by atoms with Gasteiger partial charge in [-0.15, -0.1) is 0 Å². The van der Waals surface area contributed by atoms with Crippen molar-refractivity contribution in [1.82, 2.24) is 9.80 Å². The van der Waals surface area contributed by atoms with E-state index < -0.39 is 17.0 Å². The average molecular weight is 617 g/mol. The summed E-state index contributed by atoms with van der Waals surface area (Å²) in [6, 6.07) is 15.6. The molecule has 0 unspecified atom stereocenters. The predicted octanol–water partition coefficient (Wildman–Crippen LogP) is 3.84. The molecule has 6 aliphatic heterocycles. The van der Waals surface area contributed by atoms with Crippen LogP contribution in [0.4, 0.5) is 11.4 Å². The number of carbonyl (C=O) groups excluding carboxylic acids is 2. The topological polar surface area (TPSA) is 84.0 Å². The lowest BCUT2D eigenvalue weighted by Crippen LogP contribution is -2.61. The standard InChI is InChI=1S/C35H44N4O6/c1-25-9-7-15-36(17-25)23-38-29-13-5-3-11-27(29)34(31(38)40)42-19-33(20-43-34)21-44-35(45-22-33)28-12-4-6-14-30(28)39(32(35)41)24-37-16-8-10-26(2)18-37/h3-6,11-14,25-26H,7-10,15-24H2,1-2H3/t25-,26-,33?,34?,35?/m1/s1. The first-order valence-corrected chi connectivity index (χ1v) is 16.7. The Hall–Kier alpha value is -2.86. The van der Waals surface area contributed by atoms with Gasteiger partial charge in [0.1, 0.15) is 0 Å². The van der Waals surface area contributed by atoms with E-state index in [4.69, 9.17) is 18.9 Å². The molecule has 10 heteroatoms. The molecule has 6 heterocycles. The minimum Gasteiger partial charge on any atom is -0.338 e. The highest BCUT2D eigenvalue weighted by Crippen LogP contribution is 2.52. The first-order valence-electron chi connectivity index (χ1n) is 16.7. The van der Waals surface area contributed by atoms with Crippen LogP contribution < -0.4 is 9.80 Å². The molecule has 4 fully saturated rings. The van der Waals surface area contributed by atoms with Crippen LogP contribution >= 0.6 is 0 Å². The fourth-order valence-electron chi connectivity index (χ4n) is 8.20. The molecule has 8 rings (SSSR count). The summed E-state index contributed by atoms with van der Waals surface area (Å²) in [4.78, 5) is 36.5. The molecule has 2 aromatic rings. The number of likely N-dealkylation sites (tertiary alicyclic amines) is 2. The summed E-state index contributed by atoms with van der Waals surface area (Å²) >= 11 is 0. The predicted molar refractivity (Wildman–Crippen MR) is 167 cm³/mol. The maximum Gasteiger partial charge on any atom is 0.293 e. The monoisotopic (exact) mass is 616 g/mol. The van der Waals surface area contributed by atoms with Crippen molar-refractivity contribution in [2.45, 2.75) is 51.1 Å². The molecule has 0 saturated carbocycles. The molecule has 3 spiro atoms. The van der Waals surface area contributed by atoms with Crippen molar-refractivity contribution >= 4 is 23.2 Å². The second-order valence-corrected chi connectivity index (χ2v) is 14.3. The summed E-state index contributed by atoms with van der Waals surface area (Å²) in [5.41, 5.74) is 2.51. The Morgan fingerprint density at radius 2 is 1.04 bits per heavy atom. The molecular formula is C35H44N4O6. The summed E-state index contributed by atoms with van der Waals surface area (Å²) in [7, 11) is 0. The lowest BCUT2D eigenvalue weighted by Gasteiger charge is -2.48. The van der Waals surface area contributed by atoms with Crippen LogP contribution in [0.3, 0.4) is 0 Å². The fourth-order valence-corrected chi connectivity index (χ4v) is 8.20. The van der Waals surface area contributed by atoms with Gasteiger partial charge in [0, 0.05) is 24.2 Å². The van der Waals surface area contributed by atoms with Gasteiger partial charge in [0.05, 0.1) is 56.6 Å². The Bertz CT molecular complexity index is 1350. The van der Waals surface area contributed by atoms with Gasteiger partial charge in [-0.3, -0.25) is 29.2 Å². The maximum atomic E-state index is 14.1. The van der Waals surface area contributed by atoms with Gasteiger partial charge < -0.3 is 18.9 Å². The number of nitrogens with zero attached hydrogens (tertiary/aromatic N) is 4. The number of carbonyl (C=O) groups is 2. The number of piperidine rings is 2. The van der Waals surface area contributed by atoms with E-state index in [1.165, 1.54) is 12.8 Å². The van der Waals surface area contributed by atoms with E-state index in [1.807, 2.05) is 58.3 Å². The Kier molecular flexibility index (Phi) is 7.31. The van der Waals surface area contributed by atoms with Crippen molar-refractivity contribution in [2.24, 2.45) is 17.3 Å². The van der Waals surface area contributed by atoms with Crippen molar-refractivity contribution in [3.05, 3.63) is 59.7 Å². The van der Waals surface area contributed by atoms with Crippen LogP contribution in [0.1, 0.15) is 50.7 Å². The molecule has 2 atom stereocenters. The van der Waals surface area contributed by atoms with E-state index >= 15 is 0 Å². The van der Waals surface area contributed by atoms with Crippen LogP contribution in [0.25, 0.3) is 0 Å². The highest BCUT2D eigenvalue weighted by molar-refractivity contribution is 6.07. The zero-order valence-corrected chi connectivity index (χ0v) is 26.4. The van der Waals surface area contributed by atoms with Crippen LogP contribution in [-0.4, -0.2) is 87.6 Å². The Labute approximate surface area is 265 Å². The van der Waals surface area contributed by atoms with E-state index in [-0.39, 0.29) is 38.2 Å². The first-order chi connectivity index (χ1) is 21.8. The summed E-state index contributed by atoms with van der Waals surface area (Å²) in [5.74, 6) is -2.14. The second kappa shape index (κ2) is 11.1. The van der Waals surface area contributed by atoms with Gasteiger partial charge in [-0.25, -0.2) is 0 Å². The molecular weight excluding hydrogens is 572 g/mol. The first kappa shape index (κ1) is 29.5. The Morgan fingerprint density at radius 1 is 0.644 bits per heavy atom. The van der Waals surface area contributed by atoms with Crippen LogP contribution in [0.5, 0.6) is 0 Å². The fraction of sp³-hybridized carbons (Fsp3) is 0.600. The van der Waals surface area contributed by atoms with Crippen molar-refractivity contribution < 1.29 is 28.5 Å². The summed E-state index contributed by atoms with van der Waals surface area (Å²) in [6.45, 7) is 10.3. The van der Waals surface area contributed by atoms with Gasteiger partial charge in [-0.2, -0.15) is 0 Å². The number of amides is 2. The minimum absolute atomic E-state index is 0.187. The normalized spacial score (nSPS) is 35.5. The van der Waals surface area contributed by atoms with E-state index in [9.17, 15) is 9.59 Å². The van der Waals surface area contributed by atoms with Crippen LogP contribution in [0.15, 0.2) is 48.5 Å². The summed E-state index contributed by atoms with van der Waals surface area (Å²) in [5, 5.41) is 0. The number of fused-ring (bicyclic) bond motifs is 4. The Balaban J connectivity index is 0.985. The van der Waals surface area contributed by atoms with E-state index in [0.29, 0.717) is 25.2 Å². The molecule has 0 aromatic heterocycles. The van der Waals surface area contributed by atoms with Gasteiger partial charge in [-0.1, -0.05) is 50.2 Å². The highest BCUT2D eigenvalue weighted by Gasteiger charge is 2.63. The number of ether oxygens (including phenoxy) is 4. The number of hydrogen-bond donors (Lipinski definition) is 0. The molecule has 0 aliphatic carbocycles. The maximum absolute atomic E-state index is 14.1. The number of benzene rings is 2. The van der Waals surface area contributed by atoms with Gasteiger partial charge in [0.15, 0.2) is 0 Å². The third-order valence-electron chi connectivity index (χ3n) is 10.6. The van der Waals surface area contributed by atoms with Gasteiger partial charge in [0.25, 0.3) is 23.4 Å². The average Bonchev–Trinajstić information content (AvgIpc) is 3.41. The van der Waals surface area contributed by atoms with Crippen molar-refractivity contribution in [2.75, 3.05) is 75.7 Å². The number of anilines is 2.